The van der Waals surface area contributed by atoms with Crippen molar-refractivity contribution in [1.29, 1.82) is 0 Å². The summed E-state index contributed by atoms with van der Waals surface area (Å²) >= 11 is 0. The van der Waals surface area contributed by atoms with E-state index in [1.807, 2.05) is 0 Å². The van der Waals surface area contributed by atoms with Crippen LogP contribution < -0.4 is 0 Å². The van der Waals surface area contributed by atoms with E-state index in [1.165, 1.54) is 38.5 Å². The van der Waals surface area contributed by atoms with Gasteiger partial charge in [0.1, 0.15) is 0 Å². The smallest absolute Gasteiger partial charge is 0.0323 e. The number of hydrogen-bond donors (Lipinski definition) is 0. The molecule has 0 heteroatoms. The van der Waals surface area contributed by atoms with Gasteiger partial charge < -0.3 is 0 Å². The first-order valence-corrected chi connectivity index (χ1v) is 7.00. The average Bonchev–Trinajstić information content (AvgIpc) is 2.26. The molecule has 0 nitrogen and oxygen atoms in total. The lowest BCUT2D eigenvalue weighted by Gasteiger charge is -2.44. The highest BCUT2D eigenvalue weighted by molar-refractivity contribution is 4.92. The minimum Gasteiger partial charge on any atom is -0.0625 e. The lowest BCUT2D eigenvalue weighted by atomic mass is 9.61. The van der Waals surface area contributed by atoms with Gasteiger partial charge in [-0.1, -0.05) is 47.0 Å². The third-order valence-electron chi connectivity index (χ3n) is 5.38. The van der Waals surface area contributed by atoms with Gasteiger partial charge in [0.25, 0.3) is 0 Å². The standard InChI is InChI=1S/C15H28/c1-11-7-8-13-12(2)6-5-9-15(3,4)14(13)10-11/h11-14H,5-10H2,1-4H3. The Balaban J connectivity index is 2.19. The molecule has 0 aromatic carbocycles. The number of rotatable bonds is 0. The molecule has 0 bridgehead atoms. The van der Waals surface area contributed by atoms with Gasteiger partial charge in [-0.2, -0.15) is 0 Å². The Morgan fingerprint density at radius 3 is 2.47 bits per heavy atom. The van der Waals surface area contributed by atoms with E-state index in [-0.39, 0.29) is 0 Å². The van der Waals surface area contributed by atoms with E-state index in [2.05, 4.69) is 27.7 Å². The van der Waals surface area contributed by atoms with Gasteiger partial charge in [0.05, 0.1) is 0 Å². The molecule has 0 N–H and O–H groups in total. The summed E-state index contributed by atoms with van der Waals surface area (Å²) in [5.74, 6) is 4.03. The Hall–Kier alpha value is 0. The molecule has 4 unspecified atom stereocenters. The van der Waals surface area contributed by atoms with Crippen molar-refractivity contribution >= 4 is 0 Å². The van der Waals surface area contributed by atoms with Gasteiger partial charge in [0.2, 0.25) is 0 Å². The van der Waals surface area contributed by atoms with Crippen LogP contribution in [0.15, 0.2) is 0 Å². The minimum atomic E-state index is 0.615. The molecule has 2 saturated carbocycles. The predicted octanol–water partition coefficient (Wildman–Crippen LogP) is 4.89. The molecule has 2 aliphatic carbocycles. The first-order chi connectivity index (χ1) is 7.00. The second-order valence-corrected chi connectivity index (χ2v) is 7.05. The van der Waals surface area contributed by atoms with E-state index < -0.39 is 0 Å². The molecular weight excluding hydrogens is 180 g/mol. The molecule has 4 atom stereocenters. The van der Waals surface area contributed by atoms with Crippen LogP contribution in [0.5, 0.6) is 0 Å². The zero-order valence-corrected chi connectivity index (χ0v) is 11.1. The van der Waals surface area contributed by atoms with Crippen molar-refractivity contribution in [3.8, 4) is 0 Å². The largest absolute Gasteiger partial charge is 0.0625 e. The van der Waals surface area contributed by atoms with Crippen LogP contribution in [0.25, 0.3) is 0 Å². The molecule has 0 radical (unpaired) electrons. The Bertz CT molecular complexity index is 216. The normalized spacial score (nSPS) is 45.6. The molecule has 88 valence electrons. The van der Waals surface area contributed by atoms with Crippen molar-refractivity contribution in [2.75, 3.05) is 0 Å². The Kier molecular flexibility index (Phi) is 3.14. The Morgan fingerprint density at radius 2 is 1.73 bits per heavy atom. The summed E-state index contributed by atoms with van der Waals surface area (Å²) < 4.78 is 0. The zero-order chi connectivity index (χ0) is 11.1. The van der Waals surface area contributed by atoms with Gasteiger partial charge in [-0.05, 0) is 48.3 Å². The fourth-order valence-electron chi connectivity index (χ4n) is 4.26. The van der Waals surface area contributed by atoms with Crippen molar-refractivity contribution in [3.05, 3.63) is 0 Å². The van der Waals surface area contributed by atoms with Crippen molar-refractivity contribution in [3.63, 3.8) is 0 Å². The van der Waals surface area contributed by atoms with E-state index in [4.69, 9.17) is 0 Å². The highest BCUT2D eigenvalue weighted by atomic mass is 14.5. The van der Waals surface area contributed by atoms with Gasteiger partial charge in [0, 0.05) is 0 Å². The van der Waals surface area contributed by atoms with Crippen LogP contribution in [0.3, 0.4) is 0 Å². The van der Waals surface area contributed by atoms with E-state index in [9.17, 15) is 0 Å². The summed E-state index contributed by atoms with van der Waals surface area (Å²) in [5, 5.41) is 0. The maximum Gasteiger partial charge on any atom is -0.0323 e. The van der Waals surface area contributed by atoms with Crippen molar-refractivity contribution in [1.82, 2.24) is 0 Å². The van der Waals surface area contributed by atoms with Crippen LogP contribution in [0.2, 0.25) is 0 Å². The fourth-order valence-corrected chi connectivity index (χ4v) is 4.26. The van der Waals surface area contributed by atoms with Crippen LogP contribution in [0.4, 0.5) is 0 Å². The molecule has 2 aliphatic rings. The third kappa shape index (κ3) is 2.24. The lowest BCUT2D eigenvalue weighted by molar-refractivity contribution is 0.0514. The zero-order valence-electron chi connectivity index (χ0n) is 11.1. The highest BCUT2D eigenvalue weighted by Crippen LogP contribution is 2.52. The van der Waals surface area contributed by atoms with Crippen LogP contribution in [0.1, 0.15) is 66.2 Å². The minimum absolute atomic E-state index is 0.615. The first kappa shape index (κ1) is 11.5. The molecule has 15 heavy (non-hydrogen) atoms. The summed E-state index contributed by atoms with van der Waals surface area (Å²) in [6, 6.07) is 0. The van der Waals surface area contributed by atoms with Crippen LogP contribution in [-0.2, 0) is 0 Å². The van der Waals surface area contributed by atoms with Crippen molar-refractivity contribution in [2.24, 2.45) is 29.1 Å². The van der Waals surface area contributed by atoms with Crippen molar-refractivity contribution in [2.45, 2.75) is 66.2 Å². The monoisotopic (exact) mass is 208 g/mol. The highest BCUT2D eigenvalue weighted by Gasteiger charge is 2.42. The predicted molar refractivity (Wildman–Crippen MR) is 66.8 cm³/mol. The molecule has 0 aliphatic heterocycles. The van der Waals surface area contributed by atoms with Gasteiger partial charge in [-0.25, -0.2) is 0 Å². The van der Waals surface area contributed by atoms with E-state index >= 15 is 0 Å². The topological polar surface area (TPSA) is 0 Å². The van der Waals surface area contributed by atoms with Gasteiger partial charge in [-0.3, -0.25) is 0 Å². The SMILES string of the molecule is CC1CCC2C(C)CCCC(C)(C)C2C1. The summed E-state index contributed by atoms with van der Waals surface area (Å²) in [7, 11) is 0. The Labute approximate surface area is 95.8 Å². The van der Waals surface area contributed by atoms with E-state index in [0.717, 1.165) is 23.7 Å². The van der Waals surface area contributed by atoms with Crippen LogP contribution >= 0.6 is 0 Å². The summed E-state index contributed by atoms with van der Waals surface area (Å²) in [6.45, 7) is 10.0. The number of hydrogen-bond acceptors (Lipinski definition) is 0. The first-order valence-electron chi connectivity index (χ1n) is 7.00. The van der Waals surface area contributed by atoms with Crippen LogP contribution in [0, 0.1) is 29.1 Å². The molecule has 2 rings (SSSR count). The molecule has 0 heterocycles. The maximum absolute atomic E-state index is 2.53. The summed E-state index contributed by atoms with van der Waals surface area (Å²) in [4.78, 5) is 0. The molecule has 0 amide bonds. The lowest BCUT2D eigenvalue weighted by Crippen LogP contribution is -2.36. The summed E-state index contributed by atoms with van der Waals surface area (Å²) in [6.07, 6.45) is 8.92. The fraction of sp³-hybridized carbons (Fsp3) is 1.00. The Morgan fingerprint density at radius 1 is 1.00 bits per heavy atom. The molecular formula is C15H28. The third-order valence-corrected chi connectivity index (χ3v) is 5.38. The van der Waals surface area contributed by atoms with Gasteiger partial charge in [-0.15, -0.1) is 0 Å². The molecule has 0 aromatic heterocycles. The van der Waals surface area contributed by atoms with Gasteiger partial charge >= 0.3 is 0 Å². The van der Waals surface area contributed by atoms with Crippen molar-refractivity contribution < 1.29 is 0 Å². The average molecular weight is 208 g/mol. The summed E-state index contributed by atoms with van der Waals surface area (Å²) in [5.41, 5.74) is 0.615. The molecule has 0 aromatic rings. The maximum atomic E-state index is 2.53. The molecule has 0 spiro atoms. The van der Waals surface area contributed by atoms with E-state index in [1.54, 1.807) is 0 Å². The number of fused-ring (bicyclic) bond motifs is 1. The molecule has 0 saturated heterocycles. The van der Waals surface area contributed by atoms with E-state index in [0.29, 0.717) is 5.41 Å². The van der Waals surface area contributed by atoms with Gasteiger partial charge in [0.15, 0.2) is 0 Å². The second-order valence-electron chi connectivity index (χ2n) is 7.05. The second kappa shape index (κ2) is 4.11. The van der Waals surface area contributed by atoms with Crippen LogP contribution in [-0.4, -0.2) is 0 Å². The molecule has 2 fully saturated rings. The quantitative estimate of drug-likeness (QED) is 0.532.